The van der Waals surface area contributed by atoms with Crippen molar-refractivity contribution in [3.63, 3.8) is 0 Å². The van der Waals surface area contributed by atoms with Crippen LogP contribution in [0.15, 0.2) is 146 Å². The van der Waals surface area contributed by atoms with Crippen molar-refractivity contribution in [2.75, 3.05) is 0 Å². The topological polar surface area (TPSA) is 209 Å². The molecule has 0 fully saturated rings. The molecule has 0 radical (unpaired) electrons. The molecule has 0 aliphatic carbocycles. The van der Waals surface area contributed by atoms with Gasteiger partial charge in [-0.15, -0.1) is 0 Å². The van der Waals surface area contributed by atoms with E-state index in [-0.39, 0.29) is 62.4 Å². The van der Waals surface area contributed by atoms with Crippen LogP contribution < -0.4 is 29.6 Å². The molecule has 8 rings (SSSR count). The average Bonchev–Trinajstić information content (AvgIpc) is 3.45. The third-order valence-corrected chi connectivity index (χ3v) is 13.8. The Balaban J connectivity index is 1.01. The minimum atomic E-state index is -1.05. The van der Waals surface area contributed by atoms with Crippen LogP contribution in [-0.4, -0.2) is 32.1 Å². The van der Waals surface area contributed by atoms with Gasteiger partial charge >= 0.3 is 11.9 Å². The highest BCUT2D eigenvalue weighted by atomic mass is 35.5. The number of ether oxygens (including phenoxy) is 4. The summed E-state index contributed by atoms with van der Waals surface area (Å²) in [6.45, 7) is 4.59. The number of aliphatic carboxylic acids is 2. The standard InChI is InChI=1S/C62H52Cl2F2N6O8/c1-37-45(35-79-59-23-57(77-33-41-17-39(25-67)27-69-29-41)47(19-53(59)63)31-71-55(21-61(73)74)43-9-13-49(65)14-10-43)5-3-7-51(37)52-8-4-6-46(38(52)2)36-80-60-24-58(78-34-42-18-40(26-68)28-70-30-42)48(20-54(60)64)32-72-56(22-62(75)76)44-11-15-50(66)16-12-44/h3-20,23-24,27-30,55-56,71-72H,21-22,31-36H2,1-2H3,(H,73,74)(H,75,76). The van der Waals surface area contributed by atoms with Gasteiger partial charge < -0.3 is 39.8 Å². The largest absolute Gasteiger partial charge is 0.488 e. The SMILES string of the molecule is Cc1c(COc2cc(OCc3cncc(C#N)c3)c(CNC(CC(=O)O)c3ccc(F)cc3)cc2Cl)cccc1-c1cccc(COc2cc(OCc3cncc(C#N)c3)c(CNC(CC(=O)O)c3ccc(F)cc3)cc2Cl)c1C. The second-order valence-corrected chi connectivity index (χ2v) is 19.5. The van der Waals surface area contributed by atoms with E-state index in [1.165, 1.54) is 60.9 Å². The predicted molar refractivity (Wildman–Crippen MR) is 296 cm³/mol. The van der Waals surface area contributed by atoms with Crippen LogP contribution in [0.3, 0.4) is 0 Å². The van der Waals surface area contributed by atoms with Crippen LogP contribution in [0.25, 0.3) is 11.1 Å². The number of hydrogen-bond acceptors (Lipinski definition) is 12. The number of pyridine rings is 2. The van der Waals surface area contributed by atoms with Crippen LogP contribution in [0.1, 0.15) is 91.7 Å². The fourth-order valence-corrected chi connectivity index (χ4v) is 9.37. The van der Waals surface area contributed by atoms with Crippen molar-refractivity contribution >= 4 is 35.1 Å². The summed E-state index contributed by atoms with van der Waals surface area (Å²) in [7, 11) is 0. The van der Waals surface area contributed by atoms with Crippen molar-refractivity contribution in [2.45, 2.75) is 78.3 Å². The number of halogens is 4. The second kappa shape index (κ2) is 27.1. The van der Waals surface area contributed by atoms with Crippen molar-refractivity contribution in [1.82, 2.24) is 20.6 Å². The van der Waals surface area contributed by atoms with Gasteiger partial charge in [0.05, 0.1) is 34.0 Å². The van der Waals surface area contributed by atoms with Crippen molar-refractivity contribution in [2.24, 2.45) is 0 Å². The van der Waals surface area contributed by atoms with Crippen LogP contribution in [0.2, 0.25) is 10.0 Å². The average molecular weight is 1120 g/mol. The fraction of sp³-hybridized carbons (Fsp3) is 0.194. The Labute approximate surface area is 470 Å². The van der Waals surface area contributed by atoms with E-state index < -0.39 is 35.7 Å². The Hall–Kier alpha value is -8.90. The first-order chi connectivity index (χ1) is 38.6. The van der Waals surface area contributed by atoms with Gasteiger partial charge in [0.15, 0.2) is 0 Å². The van der Waals surface area contributed by atoms with Gasteiger partial charge in [0.2, 0.25) is 0 Å². The van der Waals surface area contributed by atoms with E-state index in [0.717, 1.165) is 33.4 Å². The summed E-state index contributed by atoms with van der Waals surface area (Å²) in [6.07, 6.45) is 5.53. The van der Waals surface area contributed by atoms with E-state index in [2.05, 4.69) is 32.7 Å². The lowest BCUT2D eigenvalue weighted by Crippen LogP contribution is -2.24. The van der Waals surface area contributed by atoms with Gasteiger partial charge in [0, 0.05) is 84.3 Å². The van der Waals surface area contributed by atoms with E-state index in [1.54, 1.807) is 48.8 Å². The maximum Gasteiger partial charge on any atom is 0.305 e. The zero-order valence-electron chi connectivity index (χ0n) is 43.3. The molecule has 6 aromatic carbocycles. The number of hydrogen-bond donors (Lipinski definition) is 4. The number of benzene rings is 6. The Kier molecular flexibility index (Phi) is 19.4. The van der Waals surface area contributed by atoms with Crippen LogP contribution in [0.5, 0.6) is 23.0 Å². The first-order valence-corrected chi connectivity index (χ1v) is 25.8. The third kappa shape index (κ3) is 15.2. The maximum atomic E-state index is 13.8. The van der Waals surface area contributed by atoms with Gasteiger partial charge in [-0.05, 0) is 107 Å². The lowest BCUT2D eigenvalue weighted by molar-refractivity contribution is -0.138. The molecule has 0 saturated carbocycles. The number of nitrogens with one attached hydrogen (secondary N) is 2. The van der Waals surface area contributed by atoms with Crippen LogP contribution in [0.4, 0.5) is 8.78 Å². The highest BCUT2D eigenvalue weighted by molar-refractivity contribution is 6.32. The summed E-state index contributed by atoms with van der Waals surface area (Å²) >= 11 is 13.8. The van der Waals surface area contributed by atoms with Gasteiger partial charge in [-0.25, -0.2) is 8.78 Å². The molecule has 2 aromatic heterocycles. The molecule has 4 N–H and O–H groups in total. The number of carbonyl (C=O) groups is 2. The first kappa shape index (κ1) is 57.3. The van der Waals surface area contributed by atoms with Crippen LogP contribution in [-0.2, 0) is 49.1 Å². The molecule has 406 valence electrons. The normalized spacial score (nSPS) is 11.7. The Bertz CT molecular complexity index is 3380. The lowest BCUT2D eigenvalue weighted by Gasteiger charge is -2.21. The number of aromatic nitrogens is 2. The molecule has 2 unspecified atom stereocenters. The molecule has 18 heteroatoms. The van der Waals surface area contributed by atoms with E-state index in [4.69, 9.17) is 42.1 Å². The van der Waals surface area contributed by atoms with Gasteiger partial charge in [0.1, 0.15) is 73.2 Å². The molecule has 0 amide bonds. The van der Waals surface area contributed by atoms with Crippen molar-refractivity contribution in [1.29, 1.82) is 10.5 Å². The first-order valence-electron chi connectivity index (χ1n) is 25.1. The molecule has 0 saturated heterocycles. The fourth-order valence-electron chi connectivity index (χ4n) is 8.89. The quantitative estimate of drug-likeness (QED) is 0.0420. The summed E-state index contributed by atoms with van der Waals surface area (Å²) in [5.41, 5.74) is 9.91. The zero-order chi connectivity index (χ0) is 56.7. The second-order valence-electron chi connectivity index (χ2n) is 18.7. The molecular formula is C62H52Cl2F2N6O8. The molecule has 14 nitrogen and oxygen atoms in total. The molecule has 2 atom stereocenters. The van der Waals surface area contributed by atoms with Crippen LogP contribution >= 0.6 is 23.2 Å². The van der Waals surface area contributed by atoms with Crippen LogP contribution in [0, 0.1) is 48.1 Å². The van der Waals surface area contributed by atoms with Crippen molar-refractivity contribution < 1.29 is 47.5 Å². The van der Waals surface area contributed by atoms with E-state index >= 15 is 0 Å². The van der Waals surface area contributed by atoms with Crippen molar-refractivity contribution in [3.8, 4) is 46.3 Å². The van der Waals surface area contributed by atoms with Gasteiger partial charge in [-0.1, -0.05) is 83.9 Å². The molecule has 0 aliphatic rings. The molecule has 80 heavy (non-hydrogen) atoms. The minimum Gasteiger partial charge on any atom is -0.488 e. The zero-order valence-corrected chi connectivity index (χ0v) is 44.8. The summed E-state index contributed by atoms with van der Waals surface area (Å²) in [4.78, 5) is 32.1. The number of nitrogens with zero attached hydrogens (tertiary/aromatic N) is 4. The Morgan fingerprint density at radius 1 is 0.537 bits per heavy atom. The smallest absolute Gasteiger partial charge is 0.305 e. The third-order valence-electron chi connectivity index (χ3n) is 13.2. The van der Waals surface area contributed by atoms with E-state index in [1.807, 2.05) is 50.2 Å². The summed E-state index contributed by atoms with van der Waals surface area (Å²) in [6, 6.07) is 36.0. The molecule has 2 heterocycles. The predicted octanol–water partition coefficient (Wildman–Crippen LogP) is 13.0. The van der Waals surface area contributed by atoms with Gasteiger partial charge in [0.25, 0.3) is 0 Å². The summed E-state index contributed by atoms with van der Waals surface area (Å²) < 4.78 is 53.1. The molecule has 0 bridgehead atoms. The lowest BCUT2D eigenvalue weighted by atomic mass is 9.92. The van der Waals surface area contributed by atoms with E-state index in [0.29, 0.717) is 67.5 Å². The number of nitriles is 2. The monoisotopic (exact) mass is 1120 g/mol. The number of carboxylic acids is 2. The summed E-state index contributed by atoms with van der Waals surface area (Å²) in [5.74, 6) is -1.57. The Morgan fingerprint density at radius 3 is 1.30 bits per heavy atom. The minimum absolute atomic E-state index is 0.0433. The molecule has 0 aliphatic heterocycles. The number of rotatable bonds is 25. The Morgan fingerprint density at radius 2 is 0.925 bits per heavy atom. The van der Waals surface area contributed by atoms with Gasteiger partial charge in [-0.2, -0.15) is 10.5 Å². The molecular weight excluding hydrogens is 1070 g/mol. The van der Waals surface area contributed by atoms with Crippen molar-refractivity contribution in [3.05, 3.63) is 235 Å². The summed E-state index contributed by atoms with van der Waals surface area (Å²) in [5, 5.41) is 45.4. The van der Waals surface area contributed by atoms with E-state index in [9.17, 15) is 39.1 Å². The van der Waals surface area contributed by atoms with Gasteiger partial charge in [-0.3, -0.25) is 19.6 Å². The maximum absolute atomic E-state index is 13.8. The molecule has 0 spiro atoms. The number of carboxylic acid groups (broad SMARTS) is 2. The highest BCUT2D eigenvalue weighted by Crippen LogP contribution is 2.38. The highest BCUT2D eigenvalue weighted by Gasteiger charge is 2.22. The molecule has 8 aromatic rings.